The molecule has 1 heteroatoms. The van der Waals surface area contributed by atoms with E-state index in [1.54, 1.807) is 0 Å². The molecule has 2 rings (SSSR count). The Labute approximate surface area is 101 Å². The zero-order valence-corrected chi connectivity index (χ0v) is 10.9. The van der Waals surface area contributed by atoms with Crippen LogP contribution in [0.25, 0.3) is 0 Å². The molecule has 1 nitrogen and oxygen atoms in total. The van der Waals surface area contributed by atoms with Gasteiger partial charge in [-0.15, -0.1) is 0 Å². The first-order valence-electron chi connectivity index (χ1n) is 7.45. The third-order valence-electron chi connectivity index (χ3n) is 5.33. The van der Waals surface area contributed by atoms with E-state index in [-0.39, 0.29) is 6.10 Å². The van der Waals surface area contributed by atoms with Gasteiger partial charge in [0, 0.05) is 0 Å². The van der Waals surface area contributed by atoms with Crippen LogP contribution < -0.4 is 0 Å². The molecular weight excluding hydrogens is 196 g/mol. The highest BCUT2D eigenvalue weighted by Crippen LogP contribution is 2.48. The normalized spacial score (nSPS) is 26.6. The third-order valence-corrected chi connectivity index (χ3v) is 5.33. The molecule has 94 valence electrons. The second-order valence-electron chi connectivity index (χ2n) is 6.17. The van der Waals surface area contributed by atoms with Crippen LogP contribution in [0.15, 0.2) is 0 Å². The molecule has 0 amide bonds. The van der Waals surface area contributed by atoms with Crippen molar-refractivity contribution in [3.05, 3.63) is 0 Å². The van der Waals surface area contributed by atoms with Gasteiger partial charge in [0.15, 0.2) is 0 Å². The molecule has 0 spiro atoms. The van der Waals surface area contributed by atoms with E-state index in [1.165, 1.54) is 64.2 Å². The minimum absolute atomic E-state index is 0.00680. The Morgan fingerprint density at radius 1 is 1.19 bits per heavy atom. The first-order chi connectivity index (χ1) is 7.77. The maximum atomic E-state index is 10.3. The summed E-state index contributed by atoms with van der Waals surface area (Å²) >= 11 is 0. The topological polar surface area (TPSA) is 20.2 Å². The van der Waals surface area contributed by atoms with Crippen molar-refractivity contribution >= 4 is 0 Å². The zero-order valence-electron chi connectivity index (χ0n) is 10.9. The molecule has 0 saturated heterocycles. The largest absolute Gasteiger partial charge is 0.393 e. The summed E-state index contributed by atoms with van der Waals surface area (Å²) < 4.78 is 0. The van der Waals surface area contributed by atoms with Crippen molar-refractivity contribution in [2.75, 3.05) is 0 Å². The first kappa shape index (κ1) is 12.4. The molecule has 0 aliphatic heterocycles. The first-order valence-corrected chi connectivity index (χ1v) is 7.45. The molecule has 0 aromatic heterocycles. The van der Waals surface area contributed by atoms with Crippen LogP contribution in [0.4, 0.5) is 0 Å². The monoisotopic (exact) mass is 224 g/mol. The molecule has 2 fully saturated rings. The van der Waals surface area contributed by atoms with Crippen molar-refractivity contribution in [1.82, 2.24) is 0 Å². The maximum absolute atomic E-state index is 10.3. The van der Waals surface area contributed by atoms with Crippen LogP contribution in [0.1, 0.15) is 77.6 Å². The summed E-state index contributed by atoms with van der Waals surface area (Å²) in [5.74, 6) is 0.992. The van der Waals surface area contributed by atoms with E-state index in [4.69, 9.17) is 0 Å². The predicted octanol–water partition coefficient (Wildman–Crippen LogP) is 4.29. The van der Waals surface area contributed by atoms with Crippen LogP contribution in [0.5, 0.6) is 0 Å². The number of hydrogen-bond donors (Lipinski definition) is 1. The zero-order chi connectivity index (χ0) is 11.4. The van der Waals surface area contributed by atoms with Crippen LogP contribution in [-0.2, 0) is 0 Å². The molecule has 2 aliphatic carbocycles. The highest BCUT2D eigenvalue weighted by Gasteiger charge is 2.41. The SMILES string of the molecule is CCC1(C(O)CCCC2CCCC2)CCC1. The average Bonchev–Trinajstić information content (AvgIpc) is 2.70. The van der Waals surface area contributed by atoms with Crippen LogP contribution in [0.2, 0.25) is 0 Å². The van der Waals surface area contributed by atoms with Gasteiger partial charge in [0.05, 0.1) is 6.10 Å². The molecular formula is C15H28O. The Morgan fingerprint density at radius 2 is 1.88 bits per heavy atom. The van der Waals surface area contributed by atoms with Gasteiger partial charge in [-0.3, -0.25) is 0 Å². The molecule has 16 heavy (non-hydrogen) atoms. The van der Waals surface area contributed by atoms with Crippen LogP contribution in [0.3, 0.4) is 0 Å². The van der Waals surface area contributed by atoms with Crippen LogP contribution >= 0.6 is 0 Å². The standard InChI is InChI=1S/C15H28O/c1-2-15(11-6-12-15)14(16)10-5-9-13-7-3-4-8-13/h13-14,16H,2-12H2,1H3. The molecule has 1 N–H and O–H groups in total. The van der Waals surface area contributed by atoms with Crippen molar-refractivity contribution < 1.29 is 5.11 Å². The van der Waals surface area contributed by atoms with Crippen molar-refractivity contribution in [2.45, 2.75) is 83.7 Å². The minimum Gasteiger partial charge on any atom is -0.393 e. The quantitative estimate of drug-likeness (QED) is 0.713. The molecule has 1 atom stereocenters. The lowest BCUT2D eigenvalue weighted by Crippen LogP contribution is -2.40. The molecule has 0 radical (unpaired) electrons. The van der Waals surface area contributed by atoms with Crippen LogP contribution in [0, 0.1) is 11.3 Å². The second-order valence-corrected chi connectivity index (χ2v) is 6.17. The summed E-state index contributed by atoms with van der Waals surface area (Å²) in [6, 6.07) is 0. The van der Waals surface area contributed by atoms with Gasteiger partial charge in [-0.25, -0.2) is 0 Å². The van der Waals surface area contributed by atoms with E-state index in [0.29, 0.717) is 5.41 Å². The van der Waals surface area contributed by atoms with Gasteiger partial charge in [0.25, 0.3) is 0 Å². The Morgan fingerprint density at radius 3 is 2.38 bits per heavy atom. The fraction of sp³-hybridized carbons (Fsp3) is 1.00. The molecule has 0 bridgehead atoms. The van der Waals surface area contributed by atoms with Crippen molar-refractivity contribution in [3.63, 3.8) is 0 Å². The Balaban J connectivity index is 1.64. The van der Waals surface area contributed by atoms with Gasteiger partial charge >= 0.3 is 0 Å². The van der Waals surface area contributed by atoms with Crippen molar-refractivity contribution in [1.29, 1.82) is 0 Å². The number of rotatable bonds is 6. The van der Waals surface area contributed by atoms with E-state index < -0.39 is 0 Å². The fourth-order valence-electron chi connectivity index (χ4n) is 3.76. The maximum Gasteiger partial charge on any atom is 0.0596 e. The lowest BCUT2D eigenvalue weighted by Gasteiger charge is -2.45. The van der Waals surface area contributed by atoms with E-state index in [2.05, 4.69) is 6.92 Å². The van der Waals surface area contributed by atoms with Gasteiger partial charge in [-0.05, 0) is 37.0 Å². The summed E-state index contributed by atoms with van der Waals surface area (Å²) in [5, 5.41) is 10.3. The lowest BCUT2D eigenvalue weighted by molar-refractivity contribution is -0.0435. The number of aliphatic hydroxyl groups excluding tert-OH is 1. The summed E-state index contributed by atoms with van der Waals surface area (Å²) in [7, 11) is 0. The molecule has 0 heterocycles. The molecule has 0 aromatic rings. The lowest BCUT2D eigenvalue weighted by atomic mass is 9.62. The average molecular weight is 224 g/mol. The van der Waals surface area contributed by atoms with E-state index >= 15 is 0 Å². The number of hydrogen-bond acceptors (Lipinski definition) is 1. The second kappa shape index (κ2) is 5.53. The molecule has 1 unspecified atom stereocenters. The van der Waals surface area contributed by atoms with E-state index in [1.807, 2.05) is 0 Å². The smallest absolute Gasteiger partial charge is 0.0596 e. The predicted molar refractivity (Wildman–Crippen MR) is 68.4 cm³/mol. The third kappa shape index (κ3) is 2.61. The van der Waals surface area contributed by atoms with Gasteiger partial charge < -0.3 is 5.11 Å². The van der Waals surface area contributed by atoms with E-state index in [9.17, 15) is 5.11 Å². The fourth-order valence-corrected chi connectivity index (χ4v) is 3.76. The molecule has 2 saturated carbocycles. The Kier molecular flexibility index (Phi) is 4.29. The van der Waals surface area contributed by atoms with Gasteiger partial charge in [0.1, 0.15) is 0 Å². The van der Waals surface area contributed by atoms with Gasteiger partial charge in [0.2, 0.25) is 0 Å². The van der Waals surface area contributed by atoms with Crippen LogP contribution in [-0.4, -0.2) is 11.2 Å². The molecule has 2 aliphatic rings. The summed E-state index contributed by atoms with van der Waals surface area (Å²) in [5.41, 5.74) is 0.329. The Hall–Kier alpha value is -0.0400. The van der Waals surface area contributed by atoms with Crippen molar-refractivity contribution in [2.24, 2.45) is 11.3 Å². The number of aliphatic hydroxyl groups is 1. The van der Waals surface area contributed by atoms with E-state index in [0.717, 1.165) is 12.3 Å². The van der Waals surface area contributed by atoms with Gasteiger partial charge in [-0.1, -0.05) is 51.9 Å². The Bertz CT molecular complexity index is 196. The summed E-state index contributed by atoms with van der Waals surface area (Å²) in [6.45, 7) is 2.25. The molecule has 0 aromatic carbocycles. The highest BCUT2D eigenvalue weighted by atomic mass is 16.3. The minimum atomic E-state index is -0.00680. The van der Waals surface area contributed by atoms with Gasteiger partial charge in [-0.2, -0.15) is 0 Å². The highest BCUT2D eigenvalue weighted by molar-refractivity contribution is 4.92. The summed E-state index contributed by atoms with van der Waals surface area (Å²) in [6.07, 6.45) is 14.6. The van der Waals surface area contributed by atoms with Crippen molar-refractivity contribution in [3.8, 4) is 0 Å². The summed E-state index contributed by atoms with van der Waals surface area (Å²) in [4.78, 5) is 0.